The lowest BCUT2D eigenvalue weighted by atomic mass is 9.65. The highest BCUT2D eigenvalue weighted by Crippen LogP contribution is 2.57. The van der Waals surface area contributed by atoms with Gasteiger partial charge in [0.2, 0.25) is 0 Å². The van der Waals surface area contributed by atoms with Crippen molar-refractivity contribution >= 4 is 27.7 Å². The van der Waals surface area contributed by atoms with Crippen molar-refractivity contribution in [2.45, 2.75) is 37.8 Å². The fourth-order valence-corrected chi connectivity index (χ4v) is 6.03. The molecule has 0 amide bonds. The minimum absolute atomic E-state index is 0.556. The van der Waals surface area contributed by atoms with Gasteiger partial charge in [0.05, 0.1) is 0 Å². The van der Waals surface area contributed by atoms with E-state index < -0.39 is 0 Å². The number of fused-ring (bicyclic) bond motifs is 2. The summed E-state index contributed by atoms with van der Waals surface area (Å²) in [6.07, 6.45) is 12.9. The molecule has 1 spiro atoms. The molecule has 3 atom stereocenters. The molecule has 4 rings (SSSR count). The fourth-order valence-electron chi connectivity index (χ4n) is 4.34. The van der Waals surface area contributed by atoms with Gasteiger partial charge in [-0.25, -0.2) is 0 Å². The van der Waals surface area contributed by atoms with Crippen LogP contribution in [0.25, 0.3) is 0 Å². The third-order valence-electron chi connectivity index (χ3n) is 5.36. The monoisotopic (exact) mass is 325 g/mol. The quantitative estimate of drug-likeness (QED) is 0.788. The van der Waals surface area contributed by atoms with Gasteiger partial charge >= 0.3 is 0 Å². The van der Waals surface area contributed by atoms with E-state index in [1.54, 1.807) is 0 Å². The average molecular weight is 326 g/mol. The van der Waals surface area contributed by atoms with Crippen molar-refractivity contribution in [3.63, 3.8) is 0 Å². The van der Waals surface area contributed by atoms with Gasteiger partial charge in [0, 0.05) is 22.5 Å². The zero-order chi connectivity index (χ0) is 12.2. The van der Waals surface area contributed by atoms with Gasteiger partial charge in [-0.2, -0.15) is 11.8 Å². The van der Waals surface area contributed by atoms with Gasteiger partial charge in [-0.3, -0.25) is 0 Å². The Bertz CT molecular complexity index is 407. The van der Waals surface area contributed by atoms with E-state index in [0.717, 1.165) is 17.9 Å². The van der Waals surface area contributed by atoms with Gasteiger partial charge in [0.1, 0.15) is 0 Å². The number of rotatable bonds is 1. The van der Waals surface area contributed by atoms with Crippen molar-refractivity contribution < 1.29 is 0 Å². The maximum Gasteiger partial charge on any atom is 0.0325 e. The third-order valence-corrected chi connectivity index (χ3v) is 6.88. The molecule has 98 valence electrons. The topological polar surface area (TPSA) is 12.0 Å². The van der Waals surface area contributed by atoms with E-state index in [9.17, 15) is 0 Å². The van der Waals surface area contributed by atoms with Gasteiger partial charge in [-0.15, -0.1) is 0 Å². The van der Waals surface area contributed by atoms with Crippen LogP contribution in [0.1, 0.15) is 25.7 Å². The lowest BCUT2D eigenvalue weighted by Gasteiger charge is -2.42. The molecular formula is C15H20BrNS. The zero-order valence-corrected chi connectivity index (χ0v) is 13.0. The van der Waals surface area contributed by atoms with Crippen molar-refractivity contribution in [3.8, 4) is 0 Å². The maximum atomic E-state index is 3.97. The van der Waals surface area contributed by atoms with Crippen LogP contribution < -0.4 is 5.32 Å². The van der Waals surface area contributed by atoms with Crippen LogP contribution >= 0.6 is 27.7 Å². The summed E-state index contributed by atoms with van der Waals surface area (Å²) in [6, 6.07) is 1.38. The molecule has 1 N–H and O–H groups in total. The minimum Gasteiger partial charge on any atom is -0.306 e. The number of hydrogen-bond donors (Lipinski definition) is 1. The third kappa shape index (κ3) is 1.77. The van der Waals surface area contributed by atoms with Gasteiger partial charge in [0.15, 0.2) is 0 Å². The summed E-state index contributed by atoms with van der Waals surface area (Å²) in [6.45, 7) is 0. The highest BCUT2D eigenvalue weighted by Gasteiger charge is 2.57. The second-order valence-electron chi connectivity index (χ2n) is 6.29. The largest absolute Gasteiger partial charge is 0.306 e. The SMILES string of the molecule is BrC1=CC2C(C=C1)NC(C1CC1)C21CCSCC1. The van der Waals surface area contributed by atoms with Crippen LogP contribution in [-0.4, -0.2) is 23.6 Å². The Hall–Kier alpha value is 0.270. The smallest absolute Gasteiger partial charge is 0.0325 e. The average Bonchev–Trinajstić information content (AvgIpc) is 3.18. The van der Waals surface area contributed by atoms with E-state index in [-0.39, 0.29) is 0 Å². The van der Waals surface area contributed by atoms with E-state index in [0.29, 0.717) is 11.5 Å². The molecule has 0 aromatic heterocycles. The normalized spacial score (nSPS) is 41.8. The predicted molar refractivity (Wildman–Crippen MR) is 82.1 cm³/mol. The van der Waals surface area contributed by atoms with Crippen LogP contribution in [0.5, 0.6) is 0 Å². The Morgan fingerprint density at radius 1 is 1.28 bits per heavy atom. The molecule has 2 heterocycles. The van der Waals surface area contributed by atoms with E-state index >= 15 is 0 Å². The molecule has 3 fully saturated rings. The van der Waals surface area contributed by atoms with E-state index in [1.807, 2.05) is 0 Å². The number of thioether (sulfide) groups is 1. The molecule has 1 saturated carbocycles. The molecule has 0 aromatic carbocycles. The molecule has 4 aliphatic rings. The summed E-state index contributed by atoms with van der Waals surface area (Å²) in [5.74, 6) is 4.43. The van der Waals surface area contributed by atoms with Crippen LogP contribution in [0, 0.1) is 17.3 Å². The maximum absolute atomic E-state index is 3.97. The number of halogens is 1. The molecular weight excluding hydrogens is 306 g/mol. The highest BCUT2D eigenvalue weighted by atomic mass is 79.9. The first-order chi connectivity index (χ1) is 8.79. The minimum atomic E-state index is 0.556. The molecule has 0 aromatic rings. The standard InChI is InChI=1S/C15H20BrNS/c16-11-3-4-13-12(9-11)15(5-7-18-8-6-15)14(17-13)10-1-2-10/h3-4,9-10,12-14,17H,1-2,5-8H2. The zero-order valence-electron chi connectivity index (χ0n) is 10.6. The summed E-state index contributed by atoms with van der Waals surface area (Å²) in [5, 5.41) is 3.97. The molecule has 18 heavy (non-hydrogen) atoms. The Morgan fingerprint density at radius 3 is 2.78 bits per heavy atom. The molecule has 2 aliphatic carbocycles. The summed E-state index contributed by atoms with van der Waals surface area (Å²) in [7, 11) is 0. The number of allylic oxidation sites excluding steroid dienone is 2. The van der Waals surface area contributed by atoms with E-state index in [1.165, 1.54) is 41.7 Å². The first-order valence-corrected chi connectivity index (χ1v) is 9.14. The van der Waals surface area contributed by atoms with Crippen LogP contribution in [0.4, 0.5) is 0 Å². The summed E-state index contributed by atoms with van der Waals surface area (Å²) < 4.78 is 1.29. The Kier molecular flexibility index (Phi) is 2.94. The Balaban J connectivity index is 1.72. The van der Waals surface area contributed by atoms with Crippen molar-refractivity contribution in [3.05, 3.63) is 22.7 Å². The molecule has 2 aliphatic heterocycles. The first kappa shape index (κ1) is 12.0. The van der Waals surface area contributed by atoms with Gasteiger partial charge in [0.25, 0.3) is 0 Å². The molecule has 0 bridgehead atoms. The van der Waals surface area contributed by atoms with Crippen molar-refractivity contribution in [2.24, 2.45) is 17.3 Å². The second-order valence-corrected chi connectivity index (χ2v) is 8.43. The molecule has 1 nitrogen and oxygen atoms in total. The van der Waals surface area contributed by atoms with Crippen molar-refractivity contribution in [1.82, 2.24) is 5.32 Å². The summed E-state index contributed by atoms with van der Waals surface area (Å²) in [4.78, 5) is 0. The van der Waals surface area contributed by atoms with Crippen LogP contribution in [0.3, 0.4) is 0 Å². The molecule has 3 unspecified atom stereocenters. The van der Waals surface area contributed by atoms with Gasteiger partial charge in [-0.1, -0.05) is 34.2 Å². The van der Waals surface area contributed by atoms with Crippen molar-refractivity contribution in [1.29, 1.82) is 0 Å². The van der Waals surface area contributed by atoms with E-state index in [2.05, 4.69) is 51.2 Å². The molecule has 2 saturated heterocycles. The lowest BCUT2D eigenvalue weighted by Crippen LogP contribution is -2.43. The van der Waals surface area contributed by atoms with Crippen LogP contribution in [0.2, 0.25) is 0 Å². The molecule has 0 radical (unpaired) electrons. The Labute approximate surface area is 122 Å². The highest BCUT2D eigenvalue weighted by molar-refractivity contribution is 9.11. The van der Waals surface area contributed by atoms with Crippen LogP contribution in [-0.2, 0) is 0 Å². The predicted octanol–water partition coefficient (Wildman–Crippen LogP) is 3.72. The lowest BCUT2D eigenvalue weighted by molar-refractivity contribution is 0.165. The Morgan fingerprint density at radius 2 is 2.06 bits per heavy atom. The number of nitrogens with one attached hydrogen (secondary N) is 1. The summed E-state index contributed by atoms with van der Waals surface area (Å²) >= 11 is 5.84. The molecule has 3 heteroatoms. The van der Waals surface area contributed by atoms with E-state index in [4.69, 9.17) is 0 Å². The first-order valence-electron chi connectivity index (χ1n) is 7.19. The summed E-state index contributed by atoms with van der Waals surface area (Å²) in [5.41, 5.74) is 0.556. The van der Waals surface area contributed by atoms with Gasteiger partial charge in [-0.05, 0) is 48.5 Å². The number of hydrogen-bond acceptors (Lipinski definition) is 2. The second kappa shape index (κ2) is 4.39. The van der Waals surface area contributed by atoms with Gasteiger partial charge < -0.3 is 5.32 Å². The van der Waals surface area contributed by atoms with Crippen molar-refractivity contribution in [2.75, 3.05) is 11.5 Å². The fraction of sp³-hybridized carbons (Fsp3) is 0.733. The van der Waals surface area contributed by atoms with Crippen LogP contribution in [0.15, 0.2) is 22.7 Å².